The predicted molar refractivity (Wildman–Crippen MR) is 66.9 cm³/mol. The molecule has 0 saturated heterocycles. The Morgan fingerprint density at radius 3 is 3.12 bits per heavy atom. The molecule has 1 aliphatic heterocycles. The minimum absolute atomic E-state index is 0.0194. The average molecular weight is 285 g/mol. The van der Waals surface area contributed by atoms with Gasteiger partial charge in [0.1, 0.15) is 0 Å². The first-order valence-corrected chi connectivity index (χ1v) is 5.83. The van der Waals surface area contributed by atoms with Gasteiger partial charge in [0.15, 0.2) is 0 Å². The lowest BCUT2D eigenvalue weighted by molar-refractivity contribution is -0.115. The van der Waals surface area contributed by atoms with E-state index in [2.05, 4.69) is 21.2 Å². The molecule has 2 rings (SSSR count). The maximum Gasteiger partial charge on any atom is 0.243 e. The molecule has 0 atom stereocenters. The van der Waals surface area contributed by atoms with Crippen molar-refractivity contribution in [3.05, 3.63) is 22.7 Å². The molecule has 4 nitrogen and oxygen atoms in total. The number of fused-ring (bicyclic) bond motifs is 1. The Kier molecular flexibility index (Phi) is 3.46. The van der Waals surface area contributed by atoms with Crippen molar-refractivity contribution in [2.75, 3.05) is 37.0 Å². The van der Waals surface area contributed by atoms with Gasteiger partial charge in [0, 0.05) is 18.1 Å². The normalized spacial score (nSPS) is 14.6. The van der Waals surface area contributed by atoms with Crippen LogP contribution < -0.4 is 10.2 Å². The van der Waals surface area contributed by atoms with E-state index >= 15 is 0 Å². The number of nitrogens with zero attached hydrogens (tertiary/aromatic N) is 1. The highest BCUT2D eigenvalue weighted by molar-refractivity contribution is 9.10. The molecule has 0 unspecified atom stereocenters. The van der Waals surface area contributed by atoms with Gasteiger partial charge in [0.2, 0.25) is 5.91 Å². The number of rotatable bonds is 3. The van der Waals surface area contributed by atoms with E-state index in [0.29, 0.717) is 19.7 Å². The number of methoxy groups -OCH3 is 1. The molecule has 16 heavy (non-hydrogen) atoms. The van der Waals surface area contributed by atoms with Gasteiger partial charge in [-0.25, -0.2) is 0 Å². The molecule has 1 heterocycles. The summed E-state index contributed by atoms with van der Waals surface area (Å²) in [6, 6.07) is 5.82. The molecule has 1 amide bonds. The van der Waals surface area contributed by atoms with E-state index in [-0.39, 0.29) is 5.91 Å². The quantitative estimate of drug-likeness (QED) is 0.921. The van der Waals surface area contributed by atoms with Crippen LogP contribution in [0.4, 0.5) is 11.4 Å². The molecule has 1 aliphatic rings. The summed E-state index contributed by atoms with van der Waals surface area (Å²) in [6.45, 7) is 1.71. The van der Waals surface area contributed by atoms with Crippen molar-refractivity contribution in [2.24, 2.45) is 0 Å². The Hall–Kier alpha value is -1.07. The van der Waals surface area contributed by atoms with Crippen molar-refractivity contribution >= 4 is 33.2 Å². The number of benzene rings is 1. The van der Waals surface area contributed by atoms with Crippen molar-refractivity contribution in [1.82, 2.24) is 0 Å². The SMILES string of the molecule is COCCN1CC(=O)Nc2ccc(Br)cc21. The molecule has 0 bridgehead atoms. The molecule has 1 aromatic carbocycles. The van der Waals surface area contributed by atoms with Crippen LogP contribution in [-0.4, -0.2) is 32.7 Å². The summed E-state index contributed by atoms with van der Waals surface area (Å²) in [6.07, 6.45) is 0. The fraction of sp³-hybridized carbons (Fsp3) is 0.364. The Bertz CT molecular complexity index is 409. The highest BCUT2D eigenvalue weighted by Gasteiger charge is 2.21. The number of amides is 1. The van der Waals surface area contributed by atoms with Crippen molar-refractivity contribution in [3.8, 4) is 0 Å². The minimum atomic E-state index is 0.0194. The molecular formula is C11H13BrN2O2. The molecule has 0 fully saturated rings. The largest absolute Gasteiger partial charge is 0.383 e. The van der Waals surface area contributed by atoms with E-state index in [1.54, 1.807) is 7.11 Å². The van der Waals surface area contributed by atoms with Crippen LogP contribution in [0, 0.1) is 0 Å². The van der Waals surface area contributed by atoms with Gasteiger partial charge in [-0.3, -0.25) is 4.79 Å². The molecular weight excluding hydrogens is 272 g/mol. The zero-order valence-corrected chi connectivity index (χ0v) is 10.6. The van der Waals surface area contributed by atoms with Gasteiger partial charge in [0.25, 0.3) is 0 Å². The van der Waals surface area contributed by atoms with Crippen LogP contribution in [0.25, 0.3) is 0 Å². The number of ether oxygens (including phenoxy) is 1. The number of carbonyl (C=O) groups is 1. The third-order valence-corrected chi connectivity index (χ3v) is 2.97. The van der Waals surface area contributed by atoms with Crippen LogP contribution in [0.2, 0.25) is 0 Å². The number of anilines is 2. The van der Waals surface area contributed by atoms with E-state index in [1.165, 1.54) is 0 Å². The summed E-state index contributed by atoms with van der Waals surface area (Å²) in [5, 5.41) is 2.85. The van der Waals surface area contributed by atoms with Gasteiger partial charge in [-0.15, -0.1) is 0 Å². The number of nitrogens with one attached hydrogen (secondary N) is 1. The summed E-state index contributed by atoms with van der Waals surface area (Å²) in [4.78, 5) is 13.5. The van der Waals surface area contributed by atoms with Gasteiger partial charge in [-0.1, -0.05) is 15.9 Å². The molecule has 0 aromatic heterocycles. The van der Waals surface area contributed by atoms with Gasteiger partial charge in [-0.05, 0) is 18.2 Å². The lowest BCUT2D eigenvalue weighted by Crippen LogP contribution is -2.39. The second-order valence-electron chi connectivity index (χ2n) is 3.62. The summed E-state index contributed by atoms with van der Waals surface area (Å²) in [5.74, 6) is 0.0194. The molecule has 1 aromatic rings. The van der Waals surface area contributed by atoms with E-state index in [9.17, 15) is 4.79 Å². The second kappa shape index (κ2) is 4.84. The lowest BCUT2D eigenvalue weighted by Gasteiger charge is -2.30. The van der Waals surface area contributed by atoms with Crippen LogP contribution >= 0.6 is 15.9 Å². The third-order valence-electron chi connectivity index (χ3n) is 2.47. The molecule has 0 spiro atoms. The topological polar surface area (TPSA) is 41.6 Å². The summed E-state index contributed by atoms with van der Waals surface area (Å²) in [7, 11) is 1.66. The van der Waals surface area contributed by atoms with Crippen LogP contribution in [0.3, 0.4) is 0 Å². The number of halogens is 1. The average Bonchev–Trinajstić information content (AvgIpc) is 2.26. The standard InChI is InChI=1S/C11H13BrN2O2/c1-16-5-4-14-7-11(15)13-9-3-2-8(12)6-10(9)14/h2-3,6H,4-5,7H2,1H3,(H,13,15). The number of hydrogen-bond donors (Lipinski definition) is 1. The van der Waals surface area contributed by atoms with Gasteiger partial charge in [-0.2, -0.15) is 0 Å². The van der Waals surface area contributed by atoms with Crippen molar-refractivity contribution in [2.45, 2.75) is 0 Å². The van der Waals surface area contributed by atoms with E-state index in [4.69, 9.17) is 4.74 Å². The highest BCUT2D eigenvalue weighted by Crippen LogP contribution is 2.31. The molecule has 0 saturated carbocycles. The summed E-state index contributed by atoms with van der Waals surface area (Å²) < 4.78 is 6.04. The summed E-state index contributed by atoms with van der Waals surface area (Å²) in [5.41, 5.74) is 1.89. The van der Waals surface area contributed by atoms with Crippen molar-refractivity contribution in [3.63, 3.8) is 0 Å². The third kappa shape index (κ3) is 2.36. The first kappa shape index (κ1) is 11.4. The number of carbonyl (C=O) groups excluding carboxylic acids is 1. The van der Waals surface area contributed by atoms with Gasteiger partial charge >= 0.3 is 0 Å². The monoisotopic (exact) mass is 284 g/mol. The zero-order chi connectivity index (χ0) is 11.5. The van der Waals surface area contributed by atoms with E-state index in [0.717, 1.165) is 15.8 Å². The molecule has 5 heteroatoms. The number of hydrogen-bond acceptors (Lipinski definition) is 3. The first-order chi connectivity index (χ1) is 7.70. The van der Waals surface area contributed by atoms with Crippen molar-refractivity contribution < 1.29 is 9.53 Å². The Morgan fingerprint density at radius 1 is 1.56 bits per heavy atom. The lowest BCUT2D eigenvalue weighted by atomic mass is 10.2. The maximum absolute atomic E-state index is 11.5. The smallest absolute Gasteiger partial charge is 0.243 e. The Morgan fingerprint density at radius 2 is 2.38 bits per heavy atom. The molecule has 86 valence electrons. The van der Waals surface area contributed by atoms with Crippen LogP contribution in [-0.2, 0) is 9.53 Å². The van der Waals surface area contributed by atoms with Gasteiger partial charge in [0.05, 0.1) is 24.5 Å². The molecule has 1 N–H and O–H groups in total. The Balaban J connectivity index is 2.28. The Labute approximate surface area is 103 Å². The van der Waals surface area contributed by atoms with Crippen LogP contribution in [0.1, 0.15) is 0 Å². The fourth-order valence-corrected chi connectivity index (χ4v) is 2.07. The zero-order valence-electron chi connectivity index (χ0n) is 9.00. The predicted octanol–water partition coefficient (Wildman–Crippen LogP) is 1.85. The minimum Gasteiger partial charge on any atom is -0.383 e. The van der Waals surface area contributed by atoms with E-state index < -0.39 is 0 Å². The summed E-state index contributed by atoms with van der Waals surface area (Å²) >= 11 is 3.43. The van der Waals surface area contributed by atoms with Crippen LogP contribution in [0.15, 0.2) is 22.7 Å². The van der Waals surface area contributed by atoms with Crippen molar-refractivity contribution in [1.29, 1.82) is 0 Å². The molecule has 0 radical (unpaired) electrons. The second-order valence-corrected chi connectivity index (χ2v) is 4.54. The van der Waals surface area contributed by atoms with E-state index in [1.807, 2.05) is 23.1 Å². The van der Waals surface area contributed by atoms with Gasteiger partial charge < -0.3 is 15.0 Å². The first-order valence-electron chi connectivity index (χ1n) is 5.04. The van der Waals surface area contributed by atoms with Crippen LogP contribution in [0.5, 0.6) is 0 Å². The molecule has 0 aliphatic carbocycles. The highest BCUT2D eigenvalue weighted by atomic mass is 79.9. The fourth-order valence-electron chi connectivity index (χ4n) is 1.72. The maximum atomic E-state index is 11.5.